The first-order valence-electron chi connectivity index (χ1n) is 41.4. The molecule has 18 rings (SSSR count). The van der Waals surface area contributed by atoms with Crippen LogP contribution in [0.1, 0.15) is 189 Å². The molecule has 4 bridgehead atoms. The number of phenols is 1. The van der Waals surface area contributed by atoms with Crippen molar-refractivity contribution in [3.8, 4) is 34.5 Å². The van der Waals surface area contributed by atoms with Crippen molar-refractivity contribution in [2.24, 2.45) is 0 Å². The SMILES string of the molecule is CCOC(=O)c1c(O)cc(F)c(F)c1C.CCOC(=O)c1c(OC)cc(F)c(F)c1C.CCOC(=O)c1ccc(F)c(F)c1C.Cc1c(C(=O)O)ccc(F)c1F.O=C1c2c(O)c(=O)ccn2N2CN1C1(/C=C/COc3cc(F)c(F)c4c3[C@@H]2c2ccccc2SC4)CCC1.O=C1c2c(O)c(=O)ccn2N2CN1C1(/C=C/COc3cc(F)c(F)c4c3[C@H]2c2ccccc2SC4)CCC1. The molecule has 0 saturated heterocycles. The van der Waals surface area contributed by atoms with Crippen LogP contribution in [0.2, 0.25) is 0 Å². The van der Waals surface area contributed by atoms with Crippen LogP contribution in [-0.4, -0.2) is 140 Å². The predicted octanol–water partition coefficient (Wildman–Crippen LogP) is 17.9. The largest absolute Gasteiger partial charge is 0.507 e. The number of thioether (sulfide) groups is 2. The van der Waals surface area contributed by atoms with Crippen molar-refractivity contribution in [3.63, 3.8) is 0 Å². The summed E-state index contributed by atoms with van der Waals surface area (Å²) in [5.74, 6) is -18.0. The number of hydrogen-bond acceptors (Lipinski definition) is 21. The normalized spacial score (nSPS) is 16.7. The number of amides is 2. The van der Waals surface area contributed by atoms with Crippen molar-refractivity contribution in [2.45, 2.75) is 131 Å². The molecule has 8 aliphatic rings. The molecule has 0 unspecified atom stereocenters. The Labute approximate surface area is 759 Å². The number of ether oxygens (including phenoxy) is 6. The Balaban J connectivity index is 0.000000146. The van der Waals surface area contributed by atoms with Gasteiger partial charge in [-0.1, -0.05) is 48.6 Å². The van der Waals surface area contributed by atoms with Crippen LogP contribution in [0.3, 0.4) is 0 Å². The van der Waals surface area contributed by atoms with Gasteiger partial charge in [0.25, 0.3) is 11.8 Å². The van der Waals surface area contributed by atoms with Gasteiger partial charge < -0.3 is 58.6 Å². The number of fused-ring (bicyclic) bond motifs is 16. The van der Waals surface area contributed by atoms with Crippen LogP contribution in [-0.2, 0) is 25.7 Å². The van der Waals surface area contributed by atoms with Crippen molar-refractivity contribution < 1.29 is 130 Å². The molecule has 0 radical (unpaired) electrons. The molecule has 6 aliphatic heterocycles. The highest BCUT2D eigenvalue weighted by Crippen LogP contribution is 2.53. The van der Waals surface area contributed by atoms with E-state index in [2.05, 4.69) is 9.47 Å². The second-order valence-corrected chi connectivity index (χ2v) is 33.1. The van der Waals surface area contributed by atoms with E-state index in [1.165, 1.54) is 98.3 Å². The van der Waals surface area contributed by atoms with Gasteiger partial charge in [-0.05, 0) is 147 Å². The topological polar surface area (TPSA) is 296 Å². The Morgan fingerprint density at radius 3 is 1.26 bits per heavy atom. The molecule has 2 saturated carbocycles. The zero-order chi connectivity index (χ0) is 96.3. The molecule has 2 aromatic heterocycles. The van der Waals surface area contributed by atoms with Crippen molar-refractivity contribution in [3.05, 3.63) is 325 Å². The fraction of sp³-hybridized carbons (Fsp3) is 0.284. The number of carboxylic acid groups (broad SMARTS) is 1. The number of aromatic nitrogens is 2. The zero-order valence-corrected chi connectivity index (χ0v) is 73.8. The average Bonchev–Trinajstić information content (AvgIpc) is 1.71. The number of benzene rings is 8. The third kappa shape index (κ3) is 18.6. The first-order chi connectivity index (χ1) is 63.4. The van der Waals surface area contributed by atoms with Crippen LogP contribution in [0.25, 0.3) is 0 Å². The number of pyridine rings is 2. The lowest BCUT2D eigenvalue weighted by atomic mass is 9.74. The third-order valence-electron chi connectivity index (χ3n) is 23.6. The maximum atomic E-state index is 15.5. The lowest BCUT2D eigenvalue weighted by molar-refractivity contribution is 0.0248. The lowest BCUT2D eigenvalue weighted by Gasteiger charge is -2.54. The van der Waals surface area contributed by atoms with Crippen molar-refractivity contribution in [2.75, 3.05) is 63.5 Å². The number of phenolic OH excluding ortho intramolecular Hbond substituents is 1. The summed E-state index contributed by atoms with van der Waals surface area (Å²) in [5.41, 5.74) is -1.11. The van der Waals surface area contributed by atoms with Gasteiger partial charge in [-0.25, -0.2) is 71.9 Å². The highest BCUT2D eigenvalue weighted by molar-refractivity contribution is 7.98. The molecule has 4 N–H and O–H groups in total. The molecule has 2 atom stereocenters. The van der Waals surface area contributed by atoms with E-state index < -0.39 is 157 Å². The van der Waals surface area contributed by atoms with E-state index in [-0.39, 0.29) is 142 Å². The van der Waals surface area contributed by atoms with Crippen LogP contribution in [0.15, 0.2) is 165 Å². The Morgan fingerprint density at radius 1 is 0.466 bits per heavy atom. The summed E-state index contributed by atoms with van der Waals surface area (Å²) in [6, 6.07) is 23.7. The number of aromatic hydroxyl groups is 3. The predicted molar refractivity (Wildman–Crippen MR) is 462 cm³/mol. The quantitative estimate of drug-likeness (QED) is 0.0475. The molecule has 2 spiro atoms. The van der Waals surface area contributed by atoms with Crippen molar-refractivity contribution in [1.29, 1.82) is 0 Å². The first kappa shape index (κ1) is 96.8. The number of aromatic carboxylic acids is 1. The molecule has 2 fully saturated rings. The summed E-state index contributed by atoms with van der Waals surface area (Å²) in [4.78, 5) is 102. The summed E-state index contributed by atoms with van der Waals surface area (Å²) in [7, 11) is 1.27. The van der Waals surface area contributed by atoms with Crippen LogP contribution in [0.5, 0.6) is 34.5 Å². The van der Waals surface area contributed by atoms with E-state index in [9.17, 15) is 97.6 Å². The van der Waals surface area contributed by atoms with Gasteiger partial charge in [0.2, 0.25) is 10.9 Å². The Kier molecular flexibility index (Phi) is 29.2. The Morgan fingerprint density at radius 2 is 0.850 bits per heavy atom. The number of esters is 3. The summed E-state index contributed by atoms with van der Waals surface area (Å²) in [6.07, 6.45) is 15.0. The molecular formula is C95H84F12N6O18S2. The number of halogens is 12. The van der Waals surface area contributed by atoms with Crippen molar-refractivity contribution in [1.82, 2.24) is 19.2 Å². The van der Waals surface area contributed by atoms with Gasteiger partial charge in [-0.3, -0.25) is 38.5 Å². The summed E-state index contributed by atoms with van der Waals surface area (Å²) >= 11 is 2.80. The Hall–Kier alpha value is -13.8. The van der Waals surface area contributed by atoms with Gasteiger partial charge in [-0.15, -0.1) is 23.5 Å². The number of nitrogens with zero attached hydrogens (tertiary/aromatic N) is 6. The maximum Gasteiger partial charge on any atom is 0.342 e. The molecule has 24 nitrogen and oxygen atoms in total. The number of carbonyl (C=O) groups excluding carboxylic acids is 5. The molecule has 698 valence electrons. The van der Waals surface area contributed by atoms with Crippen LogP contribution in [0, 0.1) is 97.5 Å². The third-order valence-corrected chi connectivity index (χ3v) is 25.8. The molecule has 2 aliphatic carbocycles. The standard InChI is InChI=1S/2C28H23F2N3O4S.C11H12F2O3.C10H10F2O3.C10H10F2O2.C8H6F2O2/c2*29-18-13-20-22-17(23(18)30)14-38-21-6-2-1-5-16(21)24(22)33-15-31(28(8-3-9-28)10-4-12-37-20)27(36)25-26(35)19(34)7-11-32(25)33;1-4-16-11(14)9-6(2)10(13)7(12)5-8(9)15-3;1-3-15-10(14)8-5(2)9(12)6(11)4-7(8)13;1-3-14-10(13)7-4-5-8(11)9(12)6(7)2;1-4-5(8(11)12)2-3-6(9)7(4)10/h2*1-2,4-7,10-11,13,24,35H,3,8-9,12,14-15H2;5H,4H2,1-3H3;4,13H,3H2,1-2H3;4-5H,3H2,1-2H3;2-3H,1H3,(H,11,12)/b2*10-4+;;;;/t2*24-;;;;/m10..../s1. The monoisotopic (exact) mass is 1890 g/mol. The van der Waals surface area contributed by atoms with E-state index in [1.54, 1.807) is 42.7 Å². The minimum Gasteiger partial charge on any atom is -0.507 e. The van der Waals surface area contributed by atoms with Crippen LogP contribution >= 0.6 is 23.5 Å². The maximum absolute atomic E-state index is 15.5. The minimum absolute atomic E-state index is 0.0246. The van der Waals surface area contributed by atoms with Gasteiger partial charge in [0.1, 0.15) is 72.8 Å². The number of carboxylic acids is 1. The molecule has 10 aromatic rings. The number of carbonyl (C=O) groups is 6. The van der Waals surface area contributed by atoms with Crippen molar-refractivity contribution >= 4 is 59.2 Å². The Bertz CT molecular complexity index is 6290. The van der Waals surface area contributed by atoms with E-state index in [0.29, 0.717) is 42.9 Å². The minimum atomic E-state index is -1.26. The summed E-state index contributed by atoms with van der Waals surface area (Å²) in [5, 5.41) is 43.2. The highest BCUT2D eigenvalue weighted by atomic mass is 32.2. The first-order valence-corrected chi connectivity index (χ1v) is 43.4. The summed E-state index contributed by atoms with van der Waals surface area (Å²) < 4.78 is 198. The second-order valence-electron chi connectivity index (χ2n) is 31.1. The molecule has 133 heavy (non-hydrogen) atoms. The van der Waals surface area contributed by atoms with Gasteiger partial charge in [0.15, 0.2) is 92.7 Å². The molecular weight excluding hydrogens is 1810 g/mol. The average molecular weight is 1890 g/mol. The lowest BCUT2D eigenvalue weighted by Crippen LogP contribution is -2.64. The number of rotatable bonds is 8. The van der Waals surface area contributed by atoms with E-state index in [1.807, 2.05) is 70.7 Å². The molecule has 8 aromatic carbocycles. The second kappa shape index (κ2) is 40.1. The highest BCUT2D eigenvalue weighted by Gasteiger charge is 2.52. The van der Waals surface area contributed by atoms with E-state index in [4.69, 9.17) is 24.1 Å². The van der Waals surface area contributed by atoms with Gasteiger partial charge in [-0.2, -0.15) is 0 Å². The number of hydrogen-bond donors (Lipinski definition) is 4. The van der Waals surface area contributed by atoms with Gasteiger partial charge in [0.05, 0.1) is 49.1 Å². The van der Waals surface area contributed by atoms with E-state index >= 15 is 8.78 Å². The zero-order valence-electron chi connectivity index (χ0n) is 72.2. The van der Waals surface area contributed by atoms with Crippen LogP contribution in [0.4, 0.5) is 52.7 Å². The fourth-order valence-electron chi connectivity index (χ4n) is 16.6. The molecule has 8 heterocycles. The number of methoxy groups -OCH3 is 1. The smallest absolute Gasteiger partial charge is 0.342 e. The van der Waals surface area contributed by atoms with Crippen LogP contribution < -0.4 is 35.1 Å². The molecule has 38 heteroatoms. The van der Waals surface area contributed by atoms with Gasteiger partial charge >= 0.3 is 23.9 Å². The summed E-state index contributed by atoms with van der Waals surface area (Å²) in [6.45, 7) is 10.8. The molecule has 2 amide bonds. The van der Waals surface area contributed by atoms with Gasteiger partial charge in [0, 0.05) is 115 Å². The fourth-order valence-corrected chi connectivity index (χ4v) is 18.8. The van der Waals surface area contributed by atoms with E-state index in [0.717, 1.165) is 70.2 Å².